The minimum atomic E-state index is -7.35. The van der Waals surface area contributed by atoms with Crippen LogP contribution in [0.5, 0.6) is 5.75 Å². The van der Waals surface area contributed by atoms with Crippen LogP contribution in [0.4, 0.5) is 92.2 Å². The van der Waals surface area contributed by atoms with E-state index in [0.29, 0.717) is 0 Å². The molecule has 0 amide bonds. The highest BCUT2D eigenvalue weighted by atomic mass is 31.2. The maximum atomic E-state index is 14.9. The van der Waals surface area contributed by atoms with Crippen LogP contribution in [0.25, 0.3) is 0 Å². The fraction of sp³-hybridized carbons (Fsp3) is 0.824. The largest absolute Gasteiger partial charge is 0.494 e. The first kappa shape index (κ1) is 52.7. The summed E-state index contributed by atoms with van der Waals surface area (Å²) in [5.41, 5.74) is -3.84. The Bertz CT molecular complexity index is 1500. The van der Waals surface area contributed by atoms with Crippen LogP contribution in [0.2, 0.25) is 0 Å². The van der Waals surface area contributed by atoms with E-state index in [9.17, 15) is 92.2 Å². The standard InChI is InChI=1S/C34H41F21N2OP/c1-21(19-24(2,3)4)20-59(16-12-25(35,36)28(39,40)30(43,44)33(50,51)52,17-13-26(37,38)29(41,42)31(45,46)34(53,54)55)15-8-6-5-7-14-58-23-11-9-10-22(18-23)27(56-57-27)32(47,48)49/h9-11,18,21H,5-8,12-17,19-20H2,1-4H3/q+1. The fourth-order valence-electron chi connectivity index (χ4n) is 6.60. The fourth-order valence-corrected chi connectivity index (χ4v) is 11.7. The van der Waals surface area contributed by atoms with Crippen molar-refractivity contribution in [1.82, 2.24) is 0 Å². The zero-order valence-electron chi connectivity index (χ0n) is 31.6. The van der Waals surface area contributed by atoms with Gasteiger partial charge in [0.15, 0.2) is 0 Å². The quantitative estimate of drug-likeness (QED) is 0.0648. The highest BCUT2D eigenvalue weighted by Gasteiger charge is 2.83. The van der Waals surface area contributed by atoms with Gasteiger partial charge in [-0.05, 0) is 55.6 Å². The number of alkyl halides is 21. The van der Waals surface area contributed by atoms with Gasteiger partial charge in [-0.2, -0.15) is 92.2 Å². The lowest BCUT2D eigenvalue weighted by molar-refractivity contribution is -0.396. The number of hydrogen-bond acceptors (Lipinski definition) is 3. The third kappa shape index (κ3) is 11.7. The Morgan fingerprint density at radius 2 is 1.03 bits per heavy atom. The predicted molar refractivity (Wildman–Crippen MR) is 174 cm³/mol. The van der Waals surface area contributed by atoms with Crippen LogP contribution < -0.4 is 4.74 Å². The van der Waals surface area contributed by atoms with Gasteiger partial charge in [-0.15, -0.1) is 10.2 Å². The number of hydrogen-bond donors (Lipinski definition) is 0. The second kappa shape index (κ2) is 17.4. The average Bonchev–Trinajstić information content (AvgIpc) is 3.87. The Labute approximate surface area is 325 Å². The molecule has 1 aromatic carbocycles. The van der Waals surface area contributed by atoms with Gasteiger partial charge >= 0.3 is 59.7 Å². The first-order valence-electron chi connectivity index (χ1n) is 17.6. The van der Waals surface area contributed by atoms with Gasteiger partial charge in [-0.3, -0.25) is 0 Å². The maximum absolute atomic E-state index is 14.9. The summed E-state index contributed by atoms with van der Waals surface area (Å²) in [5.74, 6) is -42.5. The Hall–Kier alpha value is -2.42. The summed E-state index contributed by atoms with van der Waals surface area (Å²) in [7, 11) is -4.11. The van der Waals surface area contributed by atoms with Gasteiger partial charge in [0.25, 0.3) is 0 Å². The van der Waals surface area contributed by atoms with Crippen molar-refractivity contribution in [2.45, 2.75) is 132 Å². The molecular formula is C34H41F21N2OP+. The second-order valence-electron chi connectivity index (χ2n) is 15.9. The van der Waals surface area contributed by atoms with E-state index in [1.807, 2.05) is 0 Å². The molecule has 25 heteroatoms. The van der Waals surface area contributed by atoms with Crippen LogP contribution in [0.1, 0.15) is 78.2 Å². The molecule has 1 unspecified atom stereocenters. The number of rotatable bonds is 22. The van der Waals surface area contributed by atoms with Crippen LogP contribution in [-0.2, 0) is 5.66 Å². The van der Waals surface area contributed by atoms with Gasteiger partial charge in [0.2, 0.25) is 0 Å². The second-order valence-corrected chi connectivity index (χ2v) is 20.3. The molecule has 0 aromatic heterocycles. The predicted octanol–water partition coefficient (Wildman–Crippen LogP) is 14.6. The Balaban J connectivity index is 2.42. The molecule has 0 fully saturated rings. The maximum Gasteiger partial charge on any atom is 0.460 e. The van der Waals surface area contributed by atoms with E-state index in [1.165, 1.54) is 19.1 Å². The van der Waals surface area contributed by atoms with Crippen molar-refractivity contribution in [1.29, 1.82) is 0 Å². The van der Waals surface area contributed by atoms with Crippen LogP contribution in [-0.4, -0.2) is 85.3 Å². The molecule has 1 heterocycles. The summed E-state index contributed by atoms with van der Waals surface area (Å²) < 4.78 is 294. The lowest BCUT2D eigenvalue weighted by Gasteiger charge is -2.38. The summed E-state index contributed by atoms with van der Waals surface area (Å²) in [4.78, 5) is 0. The molecule has 0 bridgehead atoms. The van der Waals surface area contributed by atoms with Crippen molar-refractivity contribution in [3.8, 4) is 5.75 Å². The zero-order chi connectivity index (χ0) is 46.2. The van der Waals surface area contributed by atoms with Crippen molar-refractivity contribution >= 4 is 7.26 Å². The normalized spacial score (nSPS) is 17.0. The number of benzene rings is 1. The van der Waals surface area contributed by atoms with E-state index < -0.39 is 116 Å². The van der Waals surface area contributed by atoms with Crippen molar-refractivity contribution in [2.24, 2.45) is 21.6 Å². The van der Waals surface area contributed by atoms with Crippen LogP contribution in [0.3, 0.4) is 0 Å². The molecule has 0 saturated heterocycles. The minimum absolute atomic E-state index is 0.0387. The zero-order valence-corrected chi connectivity index (χ0v) is 32.5. The molecule has 0 saturated carbocycles. The molecule has 3 nitrogen and oxygen atoms in total. The molecule has 1 aliphatic heterocycles. The molecule has 1 aliphatic rings. The van der Waals surface area contributed by atoms with E-state index in [-0.39, 0.29) is 50.0 Å². The number of ether oxygens (including phenoxy) is 1. The summed E-state index contributed by atoms with van der Waals surface area (Å²) in [5, 5.41) is 6.10. The molecule has 2 rings (SSSR count). The van der Waals surface area contributed by atoms with Crippen molar-refractivity contribution in [3.05, 3.63) is 29.8 Å². The van der Waals surface area contributed by atoms with Crippen LogP contribution >= 0.6 is 7.26 Å². The SMILES string of the molecule is CC(CC(C)(C)C)C[P+](CCCCCCOc1cccc(C2(C(F)(F)F)N=N2)c1)(CCC(F)(F)C(F)(F)C(F)(F)C(F)(F)F)CCC(F)(F)C(F)(F)C(F)(F)C(F)(F)F. The first-order chi connectivity index (χ1) is 26.2. The molecule has 0 aliphatic carbocycles. The Morgan fingerprint density at radius 1 is 0.593 bits per heavy atom. The van der Waals surface area contributed by atoms with Gasteiger partial charge in [-0.25, -0.2) is 0 Å². The molecular weight excluding hydrogens is 882 g/mol. The topological polar surface area (TPSA) is 34.0 Å². The number of halogens is 21. The number of unbranched alkanes of at least 4 members (excludes halogenated alkanes) is 3. The number of nitrogens with zero attached hydrogens (tertiary/aromatic N) is 2. The van der Waals surface area contributed by atoms with Crippen molar-refractivity contribution in [2.75, 3.05) is 31.3 Å². The van der Waals surface area contributed by atoms with Crippen molar-refractivity contribution < 1.29 is 96.9 Å². The molecule has 0 N–H and O–H groups in total. The Kier molecular flexibility index (Phi) is 15.5. The summed E-state index contributed by atoms with van der Waals surface area (Å²) in [6, 6.07) is 4.56. The van der Waals surface area contributed by atoms with Gasteiger partial charge in [-0.1, -0.05) is 39.8 Å². The smallest absolute Gasteiger partial charge is 0.460 e. The lowest BCUT2D eigenvalue weighted by Crippen LogP contribution is -2.61. The van der Waals surface area contributed by atoms with Gasteiger partial charge < -0.3 is 4.74 Å². The third-order valence-corrected chi connectivity index (χ3v) is 14.6. The van der Waals surface area contributed by atoms with E-state index in [1.54, 1.807) is 20.8 Å². The lowest BCUT2D eigenvalue weighted by atomic mass is 9.86. The van der Waals surface area contributed by atoms with E-state index in [0.717, 1.165) is 12.1 Å². The van der Waals surface area contributed by atoms with Crippen LogP contribution in [0.15, 0.2) is 34.5 Å². The third-order valence-electron chi connectivity index (χ3n) is 9.61. The van der Waals surface area contributed by atoms with Crippen LogP contribution in [0, 0.1) is 11.3 Å². The summed E-state index contributed by atoms with van der Waals surface area (Å²) >= 11 is 0. The molecule has 0 radical (unpaired) electrons. The molecule has 344 valence electrons. The van der Waals surface area contributed by atoms with E-state index in [2.05, 4.69) is 10.2 Å². The van der Waals surface area contributed by atoms with Gasteiger partial charge in [0, 0.05) is 12.8 Å². The molecule has 1 atom stereocenters. The van der Waals surface area contributed by atoms with E-state index in [4.69, 9.17) is 4.74 Å². The summed E-state index contributed by atoms with van der Waals surface area (Å²) in [6.45, 7) is 5.91. The van der Waals surface area contributed by atoms with Crippen molar-refractivity contribution in [3.63, 3.8) is 0 Å². The summed E-state index contributed by atoms with van der Waals surface area (Å²) in [6.07, 6.45) is -29.1. The molecule has 1 aromatic rings. The first-order valence-corrected chi connectivity index (χ1v) is 20.2. The van der Waals surface area contributed by atoms with Gasteiger partial charge in [0.05, 0.1) is 44.1 Å². The molecule has 59 heavy (non-hydrogen) atoms. The highest BCUT2D eigenvalue weighted by Crippen LogP contribution is 2.66. The molecule has 0 spiro atoms. The monoisotopic (exact) mass is 923 g/mol. The highest BCUT2D eigenvalue weighted by molar-refractivity contribution is 7.75. The van der Waals surface area contributed by atoms with Gasteiger partial charge in [0.1, 0.15) is 5.75 Å². The Morgan fingerprint density at radius 3 is 1.42 bits per heavy atom. The van der Waals surface area contributed by atoms with E-state index >= 15 is 0 Å². The minimum Gasteiger partial charge on any atom is -0.494 e. The average molecular weight is 924 g/mol.